The molecule has 2 atom stereocenters. The monoisotopic (exact) mass is 755 g/mol. The number of benzene rings is 3. The van der Waals surface area contributed by atoms with E-state index in [4.69, 9.17) is 14.0 Å². The largest absolute Gasteiger partial charge is 0.493 e. The lowest BCUT2D eigenvalue weighted by molar-refractivity contribution is 0.0572. The second-order valence-corrected chi connectivity index (χ2v) is 16.0. The molecule has 0 radical (unpaired) electrons. The van der Waals surface area contributed by atoms with Gasteiger partial charge in [-0.1, -0.05) is 47.6 Å². The number of hydrogen-bond donors (Lipinski definition) is 1. The van der Waals surface area contributed by atoms with Crippen molar-refractivity contribution < 1.29 is 32.0 Å². The molecule has 276 valence electrons. The second-order valence-electron chi connectivity index (χ2n) is 13.0. The summed E-state index contributed by atoms with van der Waals surface area (Å²) in [5.74, 6) is 0.202. The topological polar surface area (TPSA) is 135 Å². The molecule has 7 rings (SSSR count). The maximum absolute atomic E-state index is 14.5. The number of rotatable bonds is 14. The Kier molecular flexibility index (Phi) is 10.6. The van der Waals surface area contributed by atoms with Crippen molar-refractivity contribution in [1.82, 2.24) is 19.7 Å². The molecule has 1 fully saturated rings. The van der Waals surface area contributed by atoms with E-state index in [2.05, 4.69) is 50.9 Å². The number of piperazine rings is 1. The van der Waals surface area contributed by atoms with E-state index in [1.165, 1.54) is 37.0 Å². The van der Waals surface area contributed by atoms with E-state index in [1.807, 2.05) is 24.3 Å². The van der Waals surface area contributed by atoms with E-state index in [-0.39, 0.29) is 28.6 Å². The standard InChI is InChI=1S/C39H41N5O7S2/c1-26(27-9-5-4-6-10-27)42-20-22-43(23-21-42)32-12-7-11-29-37(32)39(46)44(38(29)45)31(28-14-15-33(49-2)34(25-28)50-3)13-8-19-40-53(47,48)36-17-16-35(52-36)30-18-24-51-41-30/h4-7,9-12,14-18,24-26,31,40H,8,13,19-23H2,1-3H3/t26-,31?/m1/s1. The van der Waals surface area contributed by atoms with Crippen molar-refractivity contribution in [2.75, 3.05) is 51.8 Å². The highest BCUT2D eigenvalue weighted by Crippen LogP contribution is 2.41. The van der Waals surface area contributed by atoms with Crippen molar-refractivity contribution in [3.8, 4) is 22.1 Å². The number of ether oxygens (including phenoxy) is 2. The van der Waals surface area contributed by atoms with Gasteiger partial charge < -0.3 is 18.9 Å². The fraction of sp³-hybridized carbons (Fsp3) is 0.308. The van der Waals surface area contributed by atoms with Crippen molar-refractivity contribution in [2.45, 2.75) is 36.1 Å². The maximum Gasteiger partial charge on any atom is 0.264 e. The van der Waals surface area contributed by atoms with Crippen LogP contribution in [0.4, 0.5) is 5.69 Å². The summed E-state index contributed by atoms with van der Waals surface area (Å²) >= 11 is 1.09. The van der Waals surface area contributed by atoms with Gasteiger partial charge in [-0.15, -0.1) is 11.3 Å². The molecular weight excluding hydrogens is 715 g/mol. The van der Waals surface area contributed by atoms with Gasteiger partial charge in [0.1, 0.15) is 16.2 Å². The molecular formula is C39H41N5O7S2. The van der Waals surface area contributed by atoms with Gasteiger partial charge in [0.15, 0.2) is 11.5 Å². The zero-order valence-electron chi connectivity index (χ0n) is 29.7. The highest BCUT2D eigenvalue weighted by atomic mass is 32.2. The van der Waals surface area contributed by atoms with Crippen LogP contribution >= 0.6 is 11.3 Å². The summed E-state index contributed by atoms with van der Waals surface area (Å²) in [6.07, 6.45) is 2.06. The number of anilines is 1. The molecule has 14 heteroatoms. The minimum Gasteiger partial charge on any atom is -0.493 e. The Morgan fingerprint density at radius 2 is 1.64 bits per heavy atom. The van der Waals surface area contributed by atoms with Crippen molar-refractivity contribution in [3.63, 3.8) is 0 Å². The zero-order chi connectivity index (χ0) is 37.1. The molecule has 3 aromatic carbocycles. The molecule has 2 aromatic heterocycles. The van der Waals surface area contributed by atoms with Crippen LogP contribution in [0.15, 0.2) is 99.9 Å². The van der Waals surface area contributed by atoms with Gasteiger partial charge in [0.05, 0.1) is 42.0 Å². The highest BCUT2D eigenvalue weighted by Gasteiger charge is 2.43. The molecule has 2 amide bonds. The lowest BCUT2D eigenvalue weighted by Crippen LogP contribution is -2.47. The Labute approximate surface area is 313 Å². The van der Waals surface area contributed by atoms with Crippen LogP contribution in [0.25, 0.3) is 10.6 Å². The SMILES string of the molecule is COc1ccc(C(CCCNS(=O)(=O)c2ccc(-c3ccon3)s2)N2C(=O)c3cccc(N4CCN([C@H](C)c5ccccc5)CC4)c3C2=O)cc1OC. The van der Waals surface area contributed by atoms with Crippen LogP contribution in [0, 0.1) is 0 Å². The van der Waals surface area contributed by atoms with Crippen molar-refractivity contribution in [2.24, 2.45) is 0 Å². The number of aromatic nitrogens is 1. The number of carbonyl (C=O) groups is 2. The van der Waals surface area contributed by atoms with Crippen LogP contribution < -0.4 is 19.1 Å². The third-order valence-electron chi connectivity index (χ3n) is 10.00. The average molecular weight is 756 g/mol. The summed E-state index contributed by atoms with van der Waals surface area (Å²) in [5, 5.41) is 3.88. The Balaban J connectivity index is 1.10. The van der Waals surface area contributed by atoms with Gasteiger partial charge in [-0.2, -0.15) is 0 Å². The van der Waals surface area contributed by atoms with Crippen LogP contribution in [-0.4, -0.2) is 82.1 Å². The third kappa shape index (κ3) is 7.32. The summed E-state index contributed by atoms with van der Waals surface area (Å²) in [6, 6.07) is 25.6. The number of fused-ring (bicyclic) bond motifs is 1. The van der Waals surface area contributed by atoms with Crippen LogP contribution in [-0.2, 0) is 10.0 Å². The number of carbonyl (C=O) groups excluding carboxylic acids is 2. The van der Waals surface area contributed by atoms with Gasteiger partial charge in [0.25, 0.3) is 11.8 Å². The number of amides is 2. The minimum absolute atomic E-state index is 0.0867. The number of methoxy groups -OCH3 is 2. The molecule has 2 aliphatic heterocycles. The lowest BCUT2D eigenvalue weighted by Gasteiger charge is -2.39. The number of thiophene rings is 1. The summed E-state index contributed by atoms with van der Waals surface area (Å²) in [6.45, 7) is 5.33. The predicted octanol–water partition coefficient (Wildman–Crippen LogP) is 6.40. The number of sulfonamides is 1. The Morgan fingerprint density at radius 1 is 0.868 bits per heavy atom. The molecule has 12 nitrogen and oxygen atoms in total. The molecule has 5 aromatic rings. The normalized spacial score (nSPS) is 16.1. The molecule has 2 aliphatic rings. The van der Waals surface area contributed by atoms with Crippen LogP contribution in [0.1, 0.15) is 63.7 Å². The fourth-order valence-electron chi connectivity index (χ4n) is 7.14. The maximum atomic E-state index is 14.5. The fourth-order valence-corrected chi connectivity index (χ4v) is 9.53. The van der Waals surface area contributed by atoms with Crippen molar-refractivity contribution in [1.29, 1.82) is 0 Å². The van der Waals surface area contributed by atoms with Crippen LogP contribution in [0.5, 0.6) is 11.5 Å². The van der Waals surface area contributed by atoms with E-state index in [1.54, 1.807) is 30.3 Å². The number of nitrogens with zero attached hydrogens (tertiary/aromatic N) is 4. The van der Waals surface area contributed by atoms with Gasteiger partial charge in [0.2, 0.25) is 10.0 Å². The van der Waals surface area contributed by atoms with Crippen LogP contribution in [0.2, 0.25) is 0 Å². The first kappa shape index (κ1) is 36.3. The highest BCUT2D eigenvalue weighted by molar-refractivity contribution is 7.91. The molecule has 0 saturated carbocycles. The van der Waals surface area contributed by atoms with E-state index in [0.717, 1.165) is 30.1 Å². The van der Waals surface area contributed by atoms with E-state index >= 15 is 0 Å². The minimum atomic E-state index is -3.82. The zero-order valence-corrected chi connectivity index (χ0v) is 31.4. The summed E-state index contributed by atoms with van der Waals surface area (Å²) in [5.41, 5.74) is 3.98. The third-order valence-corrected chi connectivity index (χ3v) is 13.1. The van der Waals surface area contributed by atoms with Gasteiger partial charge in [0, 0.05) is 44.8 Å². The number of hydrogen-bond acceptors (Lipinski definition) is 11. The first-order chi connectivity index (χ1) is 25.7. The summed E-state index contributed by atoms with van der Waals surface area (Å²) in [7, 11) is -0.758. The Morgan fingerprint density at radius 3 is 2.36 bits per heavy atom. The number of imide groups is 1. The molecule has 1 saturated heterocycles. The Hall–Kier alpha value is -5.02. The molecule has 4 heterocycles. The molecule has 1 N–H and O–H groups in total. The number of nitrogens with one attached hydrogen (secondary N) is 1. The van der Waals surface area contributed by atoms with E-state index in [0.29, 0.717) is 64.7 Å². The lowest BCUT2D eigenvalue weighted by atomic mass is 9.99. The first-order valence-corrected chi connectivity index (χ1v) is 19.8. The average Bonchev–Trinajstić information content (AvgIpc) is 3.96. The van der Waals surface area contributed by atoms with Crippen molar-refractivity contribution >= 4 is 38.9 Å². The van der Waals surface area contributed by atoms with Gasteiger partial charge in [-0.3, -0.25) is 19.4 Å². The van der Waals surface area contributed by atoms with Gasteiger partial charge in [-0.05, 0) is 67.3 Å². The summed E-state index contributed by atoms with van der Waals surface area (Å²) < 4.78 is 45.2. The summed E-state index contributed by atoms with van der Waals surface area (Å²) in [4.78, 5) is 35.3. The second kappa shape index (κ2) is 15.5. The molecule has 1 unspecified atom stereocenters. The first-order valence-electron chi connectivity index (χ1n) is 17.5. The Bertz CT molecular complexity index is 2180. The predicted molar refractivity (Wildman–Crippen MR) is 202 cm³/mol. The van der Waals surface area contributed by atoms with Gasteiger partial charge in [-0.25, -0.2) is 13.1 Å². The van der Waals surface area contributed by atoms with Crippen LogP contribution in [0.3, 0.4) is 0 Å². The van der Waals surface area contributed by atoms with Gasteiger partial charge >= 0.3 is 0 Å². The smallest absolute Gasteiger partial charge is 0.264 e. The van der Waals surface area contributed by atoms with E-state index < -0.39 is 16.1 Å². The quantitative estimate of drug-likeness (QED) is 0.100. The molecule has 0 aliphatic carbocycles. The van der Waals surface area contributed by atoms with E-state index in [9.17, 15) is 18.0 Å². The van der Waals surface area contributed by atoms with Crippen molar-refractivity contribution in [3.05, 3.63) is 113 Å². The molecule has 0 spiro atoms. The molecule has 53 heavy (non-hydrogen) atoms. The molecule has 0 bridgehead atoms.